The molecule has 0 spiro atoms. The largest absolute Gasteiger partial charge is 0.303 e. The molecule has 0 fully saturated rings. The highest BCUT2D eigenvalue weighted by molar-refractivity contribution is 6.14. The average Bonchev–Trinajstić information content (AvgIpc) is 2.41. The van der Waals surface area contributed by atoms with Gasteiger partial charge in [-0.15, -0.1) is 0 Å². The molecule has 0 aromatic heterocycles. The third-order valence-electron chi connectivity index (χ3n) is 3.69. The van der Waals surface area contributed by atoms with Crippen molar-refractivity contribution in [1.29, 1.82) is 0 Å². The number of hydrogen-bond acceptors (Lipinski definition) is 2. The van der Waals surface area contributed by atoms with Crippen LogP contribution in [0.4, 0.5) is 10.1 Å². The van der Waals surface area contributed by atoms with Gasteiger partial charge in [-0.3, -0.25) is 0 Å². The van der Waals surface area contributed by atoms with Crippen molar-refractivity contribution in [3.8, 4) is 0 Å². The lowest BCUT2D eigenvalue weighted by atomic mass is 10.0. The number of anilines is 1. The minimum Gasteiger partial charge on any atom is -0.303 e. The van der Waals surface area contributed by atoms with Crippen LogP contribution < -0.4 is 4.90 Å². The Kier molecular flexibility index (Phi) is 3.05. The van der Waals surface area contributed by atoms with E-state index in [0.29, 0.717) is 0 Å². The Morgan fingerprint density at radius 1 is 1.00 bits per heavy atom. The van der Waals surface area contributed by atoms with Crippen molar-refractivity contribution in [2.45, 2.75) is 26.9 Å². The first-order chi connectivity index (χ1) is 9.58. The van der Waals surface area contributed by atoms with Gasteiger partial charge in [0.25, 0.3) is 0 Å². The SMILES string of the molecule is Cc1cccc(C)c1N1C(c2ccc(F)cc2)=N[C@H]1C. The molecule has 0 N–H and O–H groups in total. The second-order valence-corrected chi connectivity index (χ2v) is 5.20. The third-order valence-corrected chi connectivity index (χ3v) is 3.69. The molecule has 3 rings (SSSR count). The number of halogens is 1. The summed E-state index contributed by atoms with van der Waals surface area (Å²) in [5.74, 6) is 0.690. The molecule has 0 amide bonds. The Morgan fingerprint density at radius 3 is 2.15 bits per heavy atom. The number of aryl methyl sites for hydroxylation is 2. The van der Waals surface area contributed by atoms with E-state index in [1.165, 1.54) is 28.9 Å². The van der Waals surface area contributed by atoms with Crippen molar-refractivity contribution in [3.05, 3.63) is 65.0 Å². The van der Waals surface area contributed by atoms with Crippen molar-refractivity contribution >= 4 is 11.5 Å². The lowest BCUT2D eigenvalue weighted by Crippen LogP contribution is -2.48. The summed E-state index contributed by atoms with van der Waals surface area (Å²) in [6.45, 7) is 6.28. The Labute approximate surface area is 118 Å². The summed E-state index contributed by atoms with van der Waals surface area (Å²) in [4.78, 5) is 6.80. The van der Waals surface area contributed by atoms with Gasteiger partial charge in [0.1, 0.15) is 17.8 Å². The summed E-state index contributed by atoms with van der Waals surface area (Å²) >= 11 is 0. The van der Waals surface area contributed by atoms with Crippen LogP contribution in [0.3, 0.4) is 0 Å². The lowest BCUT2D eigenvalue weighted by molar-refractivity contribution is 0.627. The summed E-state index contributed by atoms with van der Waals surface area (Å²) in [7, 11) is 0. The van der Waals surface area contributed by atoms with Crippen LogP contribution in [0.1, 0.15) is 23.6 Å². The summed E-state index contributed by atoms with van der Waals surface area (Å²) in [5, 5.41) is 0. The minimum atomic E-state index is -0.222. The number of aliphatic imine (C=N–C) groups is 1. The zero-order valence-electron chi connectivity index (χ0n) is 11.9. The number of hydrogen-bond donors (Lipinski definition) is 0. The second-order valence-electron chi connectivity index (χ2n) is 5.20. The quantitative estimate of drug-likeness (QED) is 0.802. The van der Waals surface area contributed by atoms with E-state index in [0.717, 1.165) is 11.4 Å². The maximum absolute atomic E-state index is 13.0. The first-order valence-electron chi connectivity index (χ1n) is 6.77. The van der Waals surface area contributed by atoms with E-state index in [4.69, 9.17) is 0 Å². The van der Waals surface area contributed by atoms with Gasteiger partial charge in [-0.1, -0.05) is 18.2 Å². The second kappa shape index (κ2) is 4.75. The molecule has 2 nitrogen and oxygen atoms in total. The zero-order valence-corrected chi connectivity index (χ0v) is 11.9. The van der Waals surface area contributed by atoms with Crippen molar-refractivity contribution in [2.75, 3.05) is 4.90 Å². The van der Waals surface area contributed by atoms with E-state index in [1.54, 1.807) is 12.1 Å². The molecular weight excluding hydrogens is 251 g/mol. The Balaban J connectivity index is 2.03. The van der Waals surface area contributed by atoms with Gasteiger partial charge in [0, 0.05) is 5.56 Å². The molecule has 3 heteroatoms. The van der Waals surface area contributed by atoms with E-state index >= 15 is 0 Å². The number of rotatable bonds is 2. The smallest absolute Gasteiger partial charge is 0.139 e. The van der Waals surface area contributed by atoms with Crippen molar-refractivity contribution in [3.63, 3.8) is 0 Å². The highest BCUT2D eigenvalue weighted by atomic mass is 19.1. The van der Waals surface area contributed by atoms with Crippen LogP contribution in [-0.2, 0) is 0 Å². The van der Waals surface area contributed by atoms with Crippen LogP contribution in [0.5, 0.6) is 0 Å². The average molecular weight is 268 g/mol. The predicted octanol–water partition coefficient (Wildman–Crippen LogP) is 4.06. The van der Waals surface area contributed by atoms with Crippen molar-refractivity contribution in [2.24, 2.45) is 4.99 Å². The molecule has 20 heavy (non-hydrogen) atoms. The van der Waals surface area contributed by atoms with Gasteiger partial charge in [-0.25, -0.2) is 9.38 Å². The van der Waals surface area contributed by atoms with Crippen LogP contribution in [0.25, 0.3) is 0 Å². The number of para-hydroxylation sites is 1. The van der Waals surface area contributed by atoms with E-state index in [-0.39, 0.29) is 12.0 Å². The molecular formula is C17H17FN2. The van der Waals surface area contributed by atoms with Gasteiger partial charge in [0.15, 0.2) is 0 Å². The molecule has 0 saturated heterocycles. The van der Waals surface area contributed by atoms with Gasteiger partial charge in [-0.2, -0.15) is 0 Å². The monoisotopic (exact) mass is 268 g/mol. The van der Waals surface area contributed by atoms with Crippen LogP contribution in [0.2, 0.25) is 0 Å². The summed E-state index contributed by atoms with van der Waals surface area (Å²) in [5.41, 5.74) is 4.61. The minimum absolute atomic E-state index is 0.120. The van der Waals surface area contributed by atoms with Crippen molar-refractivity contribution < 1.29 is 4.39 Å². The Hall–Kier alpha value is -2.16. The summed E-state index contributed by atoms with van der Waals surface area (Å²) in [6.07, 6.45) is 0.120. The maximum Gasteiger partial charge on any atom is 0.139 e. The molecule has 1 atom stereocenters. The van der Waals surface area contributed by atoms with Gasteiger partial charge in [0.05, 0.1) is 5.69 Å². The molecule has 0 saturated carbocycles. The number of nitrogens with zero attached hydrogens (tertiary/aromatic N) is 2. The fourth-order valence-electron chi connectivity index (χ4n) is 2.71. The molecule has 0 aliphatic carbocycles. The fraction of sp³-hybridized carbons (Fsp3) is 0.235. The summed E-state index contributed by atoms with van der Waals surface area (Å²) < 4.78 is 13.0. The highest BCUT2D eigenvalue weighted by Crippen LogP contribution is 2.33. The van der Waals surface area contributed by atoms with E-state index < -0.39 is 0 Å². The van der Waals surface area contributed by atoms with E-state index in [1.807, 2.05) is 0 Å². The van der Waals surface area contributed by atoms with Crippen LogP contribution in [0, 0.1) is 19.7 Å². The number of benzene rings is 2. The van der Waals surface area contributed by atoms with E-state index in [2.05, 4.69) is 48.9 Å². The fourth-order valence-corrected chi connectivity index (χ4v) is 2.71. The maximum atomic E-state index is 13.0. The number of amidine groups is 1. The van der Waals surface area contributed by atoms with Gasteiger partial charge >= 0.3 is 0 Å². The van der Waals surface area contributed by atoms with Crippen LogP contribution in [-0.4, -0.2) is 12.0 Å². The van der Waals surface area contributed by atoms with Crippen LogP contribution in [0.15, 0.2) is 47.5 Å². The predicted molar refractivity (Wildman–Crippen MR) is 80.8 cm³/mol. The molecule has 102 valence electrons. The Morgan fingerprint density at radius 2 is 1.60 bits per heavy atom. The lowest BCUT2D eigenvalue weighted by Gasteiger charge is -2.40. The normalized spacial score (nSPS) is 17.7. The van der Waals surface area contributed by atoms with Crippen molar-refractivity contribution in [1.82, 2.24) is 0 Å². The third kappa shape index (κ3) is 1.99. The van der Waals surface area contributed by atoms with Gasteiger partial charge in [-0.05, 0) is 56.2 Å². The van der Waals surface area contributed by atoms with Gasteiger partial charge in [0.2, 0.25) is 0 Å². The van der Waals surface area contributed by atoms with Gasteiger partial charge < -0.3 is 4.90 Å². The summed E-state index contributed by atoms with van der Waals surface area (Å²) in [6, 6.07) is 12.8. The molecule has 2 aromatic carbocycles. The molecule has 0 bridgehead atoms. The van der Waals surface area contributed by atoms with E-state index in [9.17, 15) is 4.39 Å². The zero-order chi connectivity index (χ0) is 14.3. The Bertz CT molecular complexity index is 654. The molecule has 1 aliphatic heterocycles. The standard InChI is InChI=1S/C17H17FN2/c1-11-5-4-6-12(2)16(11)20-13(3)19-17(20)14-7-9-15(18)10-8-14/h4-10,13H,1-3H3/t13-/m1/s1. The first-order valence-corrected chi connectivity index (χ1v) is 6.77. The molecule has 1 aliphatic rings. The molecule has 0 unspecified atom stereocenters. The topological polar surface area (TPSA) is 15.6 Å². The molecule has 1 heterocycles. The first kappa shape index (κ1) is 12.9. The van der Waals surface area contributed by atoms with Crippen LogP contribution >= 0.6 is 0 Å². The molecule has 0 radical (unpaired) electrons. The molecule has 2 aromatic rings. The highest BCUT2D eigenvalue weighted by Gasteiger charge is 2.31.